The van der Waals surface area contributed by atoms with Crippen LogP contribution in [0.25, 0.3) is 0 Å². The van der Waals surface area contributed by atoms with E-state index in [1.165, 1.54) is 6.92 Å². The minimum absolute atomic E-state index is 0.0125. The van der Waals surface area contributed by atoms with Crippen molar-refractivity contribution in [1.29, 1.82) is 0 Å². The summed E-state index contributed by atoms with van der Waals surface area (Å²) in [6, 6.07) is 0. The molecule has 2 rings (SSSR count). The summed E-state index contributed by atoms with van der Waals surface area (Å²) in [5.41, 5.74) is -3.61. The van der Waals surface area contributed by atoms with Crippen LogP contribution < -0.4 is 0 Å². The molecule has 0 aliphatic heterocycles. The van der Waals surface area contributed by atoms with Gasteiger partial charge in [-0.15, -0.1) is 0 Å². The molecule has 0 heterocycles. The molecule has 2 nitrogen and oxygen atoms in total. The zero-order chi connectivity index (χ0) is 18.4. The maximum atomic E-state index is 14.2. The normalized spacial score (nSPS) is 37.3. The SMILES string of the molecule is CCC1=CCC2(C)C(CCC2(O)C(F)(F)C(F)(F)F)C1CCCO. The average molecular weight is 356 g/mol. The van der Waals surface area contributed by atoms with E-state index in [9.17, 15) is 27.1 Å². The van der Waals surface area contributed by atoms with Gasteiger partial charge in [-0.05, 0) is 50.4 Å². The van der Waals surface area contributed by atoms with Gasteiger partial charge in [0.2, 0.25) is 0 Å². The van der Waals surface area contributed by atoms with Crippen molar-refractivity contribution >= 4 is 0 Å². The van der Waals surface area contributed by atoms with Crippen LogP contribution in [0.15, 0.2) is 11.6 Å². The second-order valence-corrected chi connectivity index (χ2v) is 7.30. The zero-order valence-electron chi connectivity index (χ0n) is 14.0. The van der Waals surface area contributed by atoms with Crippen molar-refractivity contribution in [2.45, 2.75) is 70.1 Å². The molecule has 4 atom stereocenters. The van der Waals surface area contributed by atoms with Crippen LogP contribution in [0.4, 0.5) is 22.0 Å². The molecule has 1 saturated carbocycles. The van der Waals surface area contributed by atoms with E-state index in [2.05, 4.69) is 0 Å². The van der Waals surface area contributed by atoms with Gasteiger partial charge in [0.15, 0.2) is 0 Å². The summed E-state index contributed by atoms with van der Waals surface area (Å²) in [7, 11) is 0. The molecule has 2 aliphatic rings. The molecule has 0 spiro atoms. The second-order valence-electron chi connectivity index (χ2n) is 7.30. The molecule has 7 heteroatoms. The van der Waals surface area contributed by atoms with Crippen molar-refractivity contribution in [3.8, 4) is 0 Å². The van der Waals surface area contributed by atoms with Gasteiger partial charge in [-0.25, -0.2) is 0 Å². The number of rotatable bonds is 5. The molecule has 0 amide bonds. The van der Waals surface area contributed by atoms with E-state index in [1.807, 2.05) is 6.92 Å². The van der Waals surface area contributed by atoms with Crippen LogP contribution in [0, 0.1) is 17.3 Å². The third-order valence-electron chi connectivity index (χ3n) is 6.29. The Bertz CT molecular complexity index is 502. The van der Waals surface area contributed by atoms with Crippen LogP contribution >= 0.6 is 0 Å². The first kappa shape index (κ1) is 19.6. The van der Waals surface area contributed by atoms with Crippen LogP contribution in [0.5, 0.6) is 0 Å². The number of alkyl halides is 5. The minimum Gasteiger partial charge on any atom is -0.396 e. The first-order chi connectivity index (χ1) is 11.0. The van der Waals surface area contributed by atoms with E-state index < -0.39 is 35.5 Å². The standard InChI is InChI=1S/C17H25F5O2/c1-3-11-6-8-14(2)13(12(11)5-4-10-23)7-9-15(14,24)16(18,19)17(20,21)22/h6,12-13,23-24H,3-5,7-10H2,1-2H3. The van der Waals surface area contributed by atoms with Crippen molar-refractivity contribution in [2.75, 3.05) is 6.61 Å². The number of hydrogen-bond acceptors (Lipinski definition) is 2. The largest absolute Gasteiger partial charge is 0.456 e. The van der Waals surface area contributed by atoms with E-state index in [-0.39, 0.29) is 25.4 Å². The quantitative estimate of drug-likeness (QED) is 0.564. The summed E-state index contributed by atoms with van der Waals surface area (Å²) in [5.74, 6) is -5.76. The van der Waals surface area contributed by atoms with Crippen LogP contribution in [0.2, 0.25) is 0 Å². The summed E-state index contributed by atoms with van der Waals surface area (Å²) >= 11 is 0. The molecule has 2 aliphatic carbocycles. The Hall–Kier alpha value is -0.690. The summed E-state index contributed by atoms with van der Waals surface area (Å²) in [4.78, 5) is 0. The molecule has 4 unspecified atom stereocenters. The van der Waals surface area contributed by atoms with E-state index >= 15 is 0 Å². The van der Waals surface area contributed by atoms with E-state index in [0.29, 0.717) is 19.3 Å². The maximum Gasteiger partial charge on any atom is 0.456 e. The van der Waals surface area contributed by atoms with Gasteiger partial charge in [0.25, 0.3) is 0 Å². The van der Waals surface area contributed by atoms with Gasteiger partial charge in [0.05, 0.1) is 0 Å². The molecule has 24 heavy (non-hydrogen) atoms. The van der Waals surface area contributed by atoms with Crippen molar-refractivity contribution < 1.29 is 32.2 Å². The molecule has 140 valence electrons. The highest BCUT2D eigenvalue weighted by atomic mass is 19.4. The van der Waals surface area contributed by atoms with Crippen LogP contribution in [0.1, 0.15) is 52.4 Å². The lowest BCUT2D eigenvalue weighted by atomic mass is 9.58. The maximum absolute atomic E-state index is 14.2. The molecular weight excluding hydrogens is 331 g/mol. The van der Waals surface area contributed by atoms with Crippen LogP contribution in [-0.4, -0.2) is 34.5 Å². The molecule has 2 N–H and O–H groups in total. The third-order valence-corrected chi connectivity index (χ3v) is 6.29. The first-order valence-corrected chi connectivity index (χ1v) is 8.43. The predicted molar refractivity (Wildman–Crippen MR) is 79.6 cm³/mol. The third kappa shape index (κ3) is 2.59. The molecule has 0 aromatic rings. The lowest BCUT2D eigenvalue weighted by Gasteiger charge is -2.51. The van der Waals surface area contributed by atoms with E-state index in [4.69, 9.17) is 5.11 Å². The van der Waals surface area contributed by atoms with Gasteiger partial charge in [-0.1, -0.05) is 25.5 Å². The number of allylic oxidation sites excluding steroid dienone is 2. The topological polar surface area (TPSA) is 40.5 Å². The van der Waals surface area contributed by atoms with E-state index in [1.54, 1.807) is 6.08 Å². The van der Waals surface area contributed by atoms with Gasteiger partial charge in [0, 0.05) is 12.0 Å². The molecule has 0 saturated heterocycles. The first-order valence-electron chi connectivity index (χ1n) is 8.43. The number of halogens is 5. The highest BCUT2D eigenvalue weighted by Crippen LogP contribution is 2.66. The van der Waals surface area contributed by atoms with Crippen LogP contribution in [-0.2, 0) is 0 Å². The van der Waals surface area contributed by atoms with Crippen molar-refractivity contribution in [1.82, 2.24) is 0 Å². The fourth-order valence-electron chi connectivity index (χ4n) is 4.85. The summed E-state index contributed by atoms with van der Waals surface area (Å²) in [5, 5.41) is 19.6. The van der Waals surface area contributed by atoms with Gasteiger partial charge >= 0.3 is 12.1 Å². The zero-order valence-corrected chi connectivity index (χ0v) is 14.0. The fraction of sp³-hybridized carbons (Fsp3) is 0.882. The molecule has 1 fully saturated rings. The lowest BCUT2D eigenvalue weighted by Crippen LogP contribution is -2.64. The Labute approximate surface area is 138 Å². The predicted octanol–water partition coefficient (Wildman–Crippen LogP) is 4.46. The smallest absolute Gasteiger partial charge is 0.396 e. The molecule has 0 bridgehead atoms. The Morgan fingerprint density at radius 1 is 1.25 bits per heavy atom. The summed E-state index contributed by atoms with van der Waals surface area (Å²) in [6.45, 7) is 3.23. The highest BCUT2D eigenvalue weighted by molar-refractivity contribution is 5.25. The second kappa shape index (κ2) is 6.24. The molecular formula is C17H25F5O2. The number of aliphatic hydroxyl groups is 2. The van der Waals surface area contributed by atoms with Crippen LogP contribution in [0.3, 0.4) is 0 Å². The minimum atomic E-state index is -5.78. The number of aliphatic hydroxyl groups excluding tert-OH is 1. The lowest BCUT2D eigenvalue weighted by molar-refractivity contribution is -0.360. The van der Waals surface area contributed by atoms with Gasteiger partial charge in [-0.2, -0.15) is 22.0 Å². The Morgan fingerprint density at radius 2 is 1.88 bits per heavy atom. The van der Waals surface area contributed by atoms with Crippen molar-refractivity contribution in [3.63, 3.8) is 0 Å². The number of fused-ring (bicyclic) bond motifs is 1. The van der Waals surface area contributed by atoms with Gasteiger partial charge < -0.3 is 10.2 Å². The Kier molecular flexibility index (Phi) is 5.10. The Morgan fingerprint density at radius 3 is 2.38 bits per heavy atom. The van der Waals surface area contributed by atoms with Crippen molar-refractivity contribution in [2.24, 2.45) is 17.3 Å². The summed E-state index contributed by atoms with van der Waals surface area (Å²) in [6.07, 6.45) is -2.80. The van der Waals surface area contributed by atoms with Gasteiger partial charge in [0.1, 0.15) is 5.60 Å². The molecule has 0 radical (unpaired) electrons. The monoisotopic (exact) mass is 356 g/mol. The molecule has 0 aromatic heterocycles. The fourth-order valence-corrected chi connectivity index (χ4v) is 4.85. The van der Waals surface area contributed by atoms with E-state index in [0.717, 1.165) is 5.57 Å². The summed E-state index contributed by atoms with van der Waals surface area (Å²) < 4.78 is 67.1. The van der Waals surface area contributed by atoms with Crippen molar-refractivity contribution in [3.05, 3.63) is 11.6 Å². The Balaban J connectivity index is 2.45. The average Bonchev–Trinajstić information content (AvgIpc) is 2.77. The molecule has 0 aromatic carbocycles. The number of hydrogen-bond donors (Lipinski definition) is 2. The highest BCUT2D eigenvalue weighted by Gasteiger charge is 2.78. The van der Waals surface area contributed by atoms with Gasteiger partial charge in [-0.3, -0.25) is 0 Å².